The molecule has 5 nitrogen and oxygen atoms in total. The van der Waals surface area contributed by atoms with Crippen molar-refractivity contribution in [3.63, 3.8) is 0 Å². The molecule has 1 aromatic carbocycles. The number of rotatable bonds is 2. The Morgan fingerprint density at radius 3 is 3.12 bits per heavy atom. The first-order valence-electron chi connectivity index (χ1n) is 5.89. The number of benzene rings is 1. The van der Waals surface area contributed by atoms with E-state index in [1.807, 2.05) is 0 Å². The molecule has 1 unspecified atom stereocenters. The molecule has 1 aliphatic heterocycles. The normalized spacial score (nSPS) is 20.1. The first-order valence-corrected chi connectivity index (χ1v) is 5.89. The Bertz CT molecular complexity index is 593. The van der Waals surface area contributed by atoms with Gasteiger partial charge in [0.15, 0.2) is 0 Å². The maximum absolute atomic E-state index is 11.8. The number of fused-ring (bicyclic) bond motifs is 1. The van der Waals surface area contributed by atoms with Crippen LogP contribution >= 0.6 is 0 Å². The average Bonchev–Trinajstić information content (AvgIpc) is 2.89. The fraction of sp³-hybridized carbons (Fsp3) is 0.417. The Hall–Kier alpha value is -1.75. The van der Waals surface area contributed by atoms with Gasteiger partial charge in [-0.3, -0.25) is 4.57 Å². The van der Waals surface area contributed by atoms with Crippen LogP contribution in [0.5, 0.6) is 5.75 Å². The summed E-state index contributed by atoms with van der Waals surface area (Å²) in [7, 11) is 0. The average molecular weight is 233 g/mol. The number of phenolic OH excluding ortho intramolecular Hbond substituents is 1. The van der Waals surface area contributed by atoms with E-state index in [2.05, 4.69) is 10.3 Å². The summed E-state index contributed by atoms with van der Waals surface area (Å²) in [6.45, 7) is 1.62. The summed E-state index contributed by atoms with van der Waals surface area (Å²) >= 11 is 0. The lowest BCUT2D eigenvalue weighted by atomic mass is 10.2. The van der Waals surface area contributed by atoms with Crippen molar-refractivity contribution in [1.29, 1.82) is 0 Å². The van der Waals surface area contributed by atoms with Crippen molar-refractivity contribution in [2.24, 2.45) is 0 Å². The van der Waals surface area contributed by atoms with Gasteiger partial charge in [0.05, 0.1) is 5.52 Å². The predicted molar refractivity (Wildman–Crippen MR) is 65.2 cm³/mol. The Morgan fingerprint density at radius 2 is 2.35 bits per heavy atom. The summed E-state index contributed by atoms with van der Waals surface area (Å²) in [4.78, 5) is 14.6. The van der Waals surface area contributed by atoms with Gasteiger partial charge in [0.25, 0.3) is 0 Å². The molecule has 17 heavy (non-hydrogen) atoms. The lowest BCUT2D eigenvalue weighted by Crippen LogP contribution is -2.31. The Labute approximate surface area is 98.1 Å². The molecule has 2 aromatic rings. The van der Waals surface area contributed by atoms with Gasteiger partial charge in [0.2, 0.25) is 0 Å². The van der Waals surface area contributed by atoms with E-state index in [-0.39, 0.29) is 11.4 Å². The lowest BCUT2D eigenvalue weighted by molar-refractivity contribution is 0.469. The van der Waals surface area contributed by atoms with Gasteiger partial charge >= 0.3 is 5.69 Å². The van der Waals surface area contributed by atoms with Crippen molar-refractivity contribution in [2.45, 2.75) is 25.4 Å². The zero-order chi connectivity index (χ0) is 11.8. The molecule has 0 bridgehead atoms. The van der Waals surface area contributed by atoms with Gasteiger partial charge in [-0.2, -0.15) is 0 Å². The maximum atomic E-state index is 11.8. The number of phenols is 1. The molecule has 0 amide bonds. The number of nitrogens with zero attached hydrogens (tertiary/aromatic N) is 1. The van der Waals surface area contributed by atoms with Gasteiger partial charge in [-0.15, -0.1) is 0 Å². The highest BCUT2D eigenvalue weighted by Crippen LogP contribution is 2.22. The lowest BCUT2D eigenvalue weighted by Gasteiger charge is -2.11. The van der Waals surface area contributed by atoms with Gasteiger partial charge in [-0.1, -0.05) is 6.07 Å². The Balaban J connectivity index is 2.08. The van der Waals surface area contributed by atoms with Gasteiger partial charge in [0.1, 0.15) is 11.3 Å². The van der Waals surface area contributed by atoms with Gasteiger partial charge < -0.3 is 15.4 Å². The first-order chi connectivity index (χ1) is 8.25. The second-order valence-corrected chi connectivity index (χ2v) is 4.51. The molecule has 1 atom stereocenters. The number of hydrogen-bond donors (Lipinski definition) is 3. The van der Waals surface area contributed by atoms with Crippen LogP contribution in [-0.4, -0.2) is 27.2 Å². The number of nitrogens with one attached hydrogen (secondary N) is 2. The monoisotopic (exact) mass is 233 g/mol. The summed E-state index contributed by atoms with van der Waals surface area (Å²) in [5.74, 6) is 0.152. The van der Waals surface area contributed by atoms with E-state index in [4.69, 9.17) is 0 Å². The van der Waals surface area contributed by atoms with Crippen LogP contribution < -0.4 is 11.0 Å². The molecule has 0 aliphatic carbocycles. The van der Waals surface area contributed by atoms with Crippen LogP contribution in [0.25, 0.3) is 11.0 Å². The molecule has 0 radical (unpaired) electrons. The standard InChI is InChI=1S/C12H15N3O2/c16-10-5-1-4-9-11(10)15(12(17)14-9)7-8-3-2-6-13-8/h1,4-5,8,13,16H,2-3,6-7H2,(H,14,17). The molecule has 0 spiro atoms. The predicted octanol–water partition coefficient (Wildman–Crippen LogP) is 0.787. The maximum Gasteiger partial charge on any atom is 0.326 e. The summed E-state index contributed by atoms with van der Waals surface area (Å²) in [6.07, 6.45) is 2.22. The molecule has 1 saturated heterocycles. The summed E-state index contributed by atoms with van der Waals surface area (Å²) in [5.41, 5.74) is 1.13. The molecule has 5 heteroatoms. The van der Waals surface area contributed by atoms with Crippen molar-refractivity contribution in [3.05, 3.63) is 28.7 Å². The highest BCUT2D eigenvalue weighted by Gasteiger charge is 2.18. The van der Waals surface area contributed by atoms with Crippen molar-refractivity contribution < 1.29 is 5.11 Å². The third kappa shape index (κ3) is 1.72. The topological polar surface area (TPSA) is 70.0 Å². The minimum atomic E-state index is -0.157. The number of imidazole rings is 1. The number of para-hydroxylation sites is 1. The molecule has 2 heterocycles. The largest absolute Gasteiger partial charge is 0.506 e. The van der Waals surface area contributed by atoms with Crippen LogP contribution in [-0.2, 0) is 6.54 Å². The van der Waals surface area contributed by atoms with Gasteiger partial charge in [0, 0.05) is 12.6 Å². The SMILES string of the molecule is O=c1[nH]c2cccc(O)c2n1CC1CCCN1. The van der Waals surface area contributed by atoms with E-state index in [0.717, 1.165) is 19.4 Å². The van der Waals surface area contributed by atoms with Crippen molar-refractivity contribution in [3.8, 4) is 5.75 Å². The van der Waals surface area contributed by atoms with E-state index < -0.39 is 0 Å². The Morgan fingerprint density at radius 1 is 1.47 bits per heavy atom. The van der Waals surface area contributed by atoms with Crippen LogP contribution in [0, 0.1) is 0 Å². The number of aromatic nitrogens is 2. The van der Waals surface area contributed by atoms with Crippen LogP contribution in [0.4, 0.5) is 0 Å². The van der Waals surface area contributed by atoms with Crippen molar-refractivity contribution >= 4 is 11.0 Å². The zero-order valence-corrected chi connectivity index (χ0v) is 9.44. The van der Waals surface area contributed by atoms with Crippen LogP contribution in [0.1, 0.15) is 12.8 Å². The van der Waals surface area contributed by atoms with Gasteiger partial charge in [-0.25, -0.2) is 4.79 Å². The van der Waals surface area contributed by atoms with E-state index in [1.165, 1.54) is 0 Å². The van der Waals surface area contributed by atoms with E-state index in [0.29, 0.717) is 23.6 Å². The smallest absolute Gasteiger partial charge is 0.326 e. The highest BCUT2D eigenvalue weighted by atomic mass is 16.3. The number of aromatic hydroxyl groups is 1. The second kappa shape index (κ2) is 3.92. The zero-order valence-electron chi connectivity index (χ0n) is 9.44. The molecule has 1 aromatic heterocycles. The minimum absolute atomic E-state index is 0.152. The van der Waals surface area contributed by atoms with Crippen molar-refractivity contribution in [1.82, 2.24) is 14.9 Å². The van der Waals surface area contributed by atoms with Crippen molar-refractivity contribution in [2.75, 3.05) is 6.54 Å². The van der Waals surface area contributed by atoms with E-state index in [1.54, 1.807) is 22.8 Å². The van der Waals surface area contributed by atoms with E-state index in [9.17, 15) is 9.90 Å². The molecule has 1 fully saturated rings. The fourth-order valence-corrected chi connectivity index (χ4v) is 2.51. The van der Waals surface area contributed by atoms with Gasteiger partial charge in [-0.05, 0) is 31.5 Å². The molecule has 1 aliphatic rings. The molecular weight excluding hydrogens is 218 g/mol. The molecule has 0 saturated carbocycles. The molecular formula is C12H15N3O2. The second-order valence-electron chi connectivity index (χ2n) is 4.51. The third-order valence-corrected chi connectivity index (χ3v) is 3.34. The fourth-order valence-electron chi connectivity index (χ4n) is 2.51. The number of aromatic amines is 1. The quantitative estimate of drug-likeness (QED) is 0.718. The number of hydrogen-bond acceptors (Lipinski definition) is 3. The van der Waals surface area contributed by atoms with Crippen LogP contribution in [0.2, 0.25) is 0 Å². The Kier molecular flexibility index (Phi) is 2.40. The first kappa shape index (κ1) is 10.4. The van der Waals surface area contributed by atoms with E-state index >= 15 is 0 Å². The summed E-state index contributed by atoms with van der Waals surface area (Å²) in [6, 6.07) is 5.46. The number of H-pyrrole nitrogens is 1. The molecule has 3 rings (SSSR count). The molecule has 3 N–H and O–H groups in total. The highest BCUT2D eigenvalue weighted by molar-refractivity contribution is 5.81. The minimum Gasteiger partial charge on any atom is -0.506 e. The van der Waals surface area contributed by atoms with Crippen LogP contribution in [0.15, 0.2) is 23.0 Å². The van der Waals surface area contributed by atoms with Crippen LogP contribution in [0.3, 0.4) is 0 Å². The third-order valence-electron chi connectivity index (χ3n) is 3.34. The molecule has 90 valence electrons. The summed E-state index contributed by atoms with van der Waals surface area (Å²) < 4.78 is 1.62. The summed E-state index contributed by atoms with van der Waals surface area (Å²) in [5, 5.41) is 13.2.